The maximum atomic E-state index is 5.33. The van der Waals surface area contributed by atoms with Crippen LogP contribution in [0.2, 0.25) is 0 Å². The van der Waals surface area contributed by atoms with Crippen molar-refractivity contribution in [1.29, 1.82) is 0 Å². The van der Waals surface area contributed by atoms with Gasteiger partial charge in [-0.3, -0.25) is 0 Å². The highest BCUT2D eigenvalue weighted by molar-refractivity contribution is 4.60. The molecule has 0 radical (unpaired) electrons. The van der Waals surface area contributed by atoms with Crippen LogP contribution in [-0.2, 0) is 0 Å². The summed E-state index contributed by atoms with van der Waals surface area (Å²) in [6.07, 6.45) is 1.12. The van der Waals surface area contributed by atoms with Crippen molar-refractivity contribution in [2.45, 2.75) is 19.4 Å². The van der Waals surface area contributed by atoms with Gasteiger partial charge in [0.05, 0.1) is 0 Å². The third-order valence-corrected chi connectivity index (χ3v) is 1.19. The van der Waals surface area contributed by atoms with Crippen LogP contribution < -0.4 is 11.1 Å². The van der Waals surface area contributed by atoms with Gasteiger partial charge in [-0.2, -0.15) is 0 Å². The van der Waals surface area contributed by atoms with Gasteiger partial charge >= 0.3 is 0 Å². The molecule has 0 bridgehead atoms. The molecule has 0 rings (SSSR count). The van der Waals surface area contributed by atoms with Gasteiger partial charge in [-0.1, -0.05) is 6.92 Å². The topological polar surface area (TPSA) is 38.0 Å². The summed E-state index contributed by atoms with van der Waals surface area (Å²) in [7, 11) is 1.93. The monoisotopic (exact) mass is 102 g/mol. The first-order valence-corrected chi connectivity index (χ1v) is 2.72. The van der Waals surface area contributed by atoms with E-state index in [1.807, 2.05) is 7.05 Å². The first-order chi connectivity index (χ1) is 3.35. The van der Waals surface area contributed by atoms with Crippen molar-refractivity contribution >= 4 is 0 Å². The number of hydrogen-bond acceptors (Lipinski definition) is 2. The van der Waals surface area contributed by atoms with E-state index in [4.69, 9.17) is 5.73 Å². The molecule has 3 N–H and O–H groups in total. The van der Waals surface area contributed by atoms with E-state index in [2.05, 4.69) is 12.2 Å². The average molecular weight is 102 g/mol. The van der Waals surface area contributed by atoms with Crippen molar-refractivity contribution in [3.8, 4) is 0 Å². The van der Waals surface area contributed by atoms with Gasteiger partial charge in [-0.05, 0) is 13.5 Å². The van der Waals surface area contributed by atoms with Crippen LogP contribution in [0.25, 0.3) is 0 Å². The van der Waals surface area contributed by atoms with Gasteiger partial charge < -0.3 is 11.1 Å². The standard InChI is InChI=1S/C5H14N2/c1-3-5(4-6)7-2/h5,7H,3-4,6H2,1-2H3/t5-/m0/s1. The minimum Gasteiger partial charge on any atom is -0.329 e. The Hall–Kier alpha value is -0.0800. The van der Waals surface area contributed by atoms with Crippen molar-refractivity contribution in [2.24, 2.45) is 5.73 Å². The molecular formula is C5H14N2. The van der Waals surface area contributed by atoms with Crippen LogP contribution in [0.5, 0.6) is 0 Å². The van der Waals surface area contributed by atoms with Crippen LogP contribution in [0.1, 0.15) is 13.3 Å². The second-order valence-electron chi connectivity index (χ2n) is 1.63. The molecule has 0 aromatic carbocycles. The average Bonchev–Trinajstić information content (AvgIpc) is 1.72. The van der Waals surface area contributed by atoms with Gasteiger partial charge in [0.1, 0.15) is 0 Å². The molecule has 0 aliphatic rings. The summed E-state index contributed by atoms with van der Waals surface area (Å²) in [5.74, 6) is 0. The van der Waals surface area contributed by atoms with Gasteiger partial charge in [0.15, 0.2) is 0 Å². The molecule has 0 fully saturated rings. The molecule has 7 heavy (non-hydrogen) atoms. The fraction of sp³-hybridized carbons (Fsp3) is 1.00. The molecule has 0 aromatic rings. The van der Waals surface area contributed by atoms with E-state index in [0.29, 0.717) is 6.04 Å². The minimum atomic E-state index is 0.514. The molecule has 0 aliphatic carbocycles. The Kier molecular flexibility index (Phi) is 4.04. The summed E-state index contributed by atoms with van der Waals surface area (Å²) in [6, 6.07) is 0.514. The maximum absolute atomic E-state index is 5.33. The molecule has 44 valence electrons. The van der Waals surface area contributed by atoms with Gasteiger partial charge in [0.25, 0.3) is 0 Å². The summed E-state index contributed by atoms with van der Waals surface area (Å²) in [6.45, 7) is 2.86. The van der Waals surface area contributed by atoms with Crippen LogP contribution in [0, 0.1) is 0 Å². The molecule has 0 aromatic heterocycles. The molecule has 2 nitrogen and oxygen atoms in total. The van der Waals surface area contributed by atoms with Gasteiger partial charge in [-0.25, -0.2) is 0 Å². The van der Waals surface area contributed by atoms with E-state index in [9.17, 15) is 0 Å². The highest BCUT2D eigenvalue weighted by Crippen LogP contribution is 1.82. The van der Waals surface area contributed by atoms with Gasteiger partial charge in [0, 0.05) is 12.6 Å². The highest BCUT2D eigenvalue weighted by atomic mass is 14.9. The summed E-state index contributed by atoms with van der Waals surface area (Å²) >= 11 is 0. The normalized spacial score (nSPS) is 14.1. The van der Waals surface area contributed by atoms with E-state index in [0.717, 1.165) is 13.0 Å². The number of nitrogens with two attached hydrogens (primary N) is 1. The molecule has 2 heteroatoms. The van der Waals surface area contributed by atoms with Gasteiger partial charge in [0.2, 0.25) is 0 Å². The predicted octanol–water partition coefficient (Wildman–Crippen LogP) is -0.0569. The Balaban J connectivity index is 2.99. The molecule has 0 spiro atoms. The number of hydrogen-bond donors (Lipinski definition) is 2. The van der Waals surface area contributed by atoms with E-state index >= 15 is 0 Å². The van der Waals surface area contributed by atoms with Crippen molar-refractivity contribution in [1.82, 2.24) is 5.32 Å². The second-order valence-corrected chi connectivity index (χ2v) is 1.63. The van der Waals surface area contributed by atoms with E-state index in [1.54, 1.807) is 0 Å². The maximum Gasteiger partial charge on any atom is 0.0184 e. The fourth-order valence-corrected chi connectivity index (χ4v) is 0.489. The smallest absolute Gasteiger partial charge is 0.0184 e. The van der Waals surface area contributed by atoms with Crippen molar-refractivity contribution < 1.29 is 0 Å². The summed E-state index contributed by atoms with van der Waals surface area (Å²) in [5, 5.41) is 3.08. The quantitative estimate of drug-likeness (QED) is 0.524. The third-order valence-electron chi connectivity index (χ3n) is 1.19. The van der Waals surface area contributed by atoms with Crippen molar-refractivity contribution in [2.75, 3.05) is 13.6 Å². The number of likely N-dealkylation sites (N-methyl/N-ethyl adjacent to an activating group) is 1. The largest absolute Gasteiger partial charge is 0.329 e. The lowest BCUT2D eigenvalue weighted by molar-refractivity contribution is 0.556. The third kappa shape index (κ3) is 2.60. The summed E-state index contributed by atoms with van der Waals surface area (Å²) in [4.78, 5) is 0. The summed E-state index contributed by atoms with van der Waals surface area (Å²) < 4.78 is 0. The van der Waals surface area contributed by atoms with Gasteiger partial charge in [-0.15, -0.1) is 0 Å². The van der Waals surface area contributed by atoms with Crippen LogP contribution >= 0.6 is 0 Å². The second kappa shape index (κ2) is 4.09. The Labute approximate surface area is 45.1 Å². The molecule has 0 saturated carbocycles. The lowest BCUT2D eigenvalue weighted by atomic mass is 10.2. The van der Waals surface area contributed by atoms with Crippen molar-refractivity contribution in [3.63, 3.8) is 0 Å². The fourth-order valence-electron chi connectivity index (χ4n) is 0.489. The summed E-state index contributed by atoms with van der Waals surface area (Å²) in [5.41, 5.74) is 5.33. The Bertz CT molecular complexity index is 27.6. The Morgan fingerprint density at radius 2 is 2.29 bits per heavy atom. The zero-order valence-electron chi connectivity index (χ0n) is 5.07. The molecule has 0 saturated heterocycles. The van der Waals surface area contributed by atoms with E-state index < -0.39 is 0 Å². The first kappa shape index (κ1) is 6.92. The van der Waals surface area contributed by atoms with Crippen LogP contribution in [0.3, 0.4) is 0 Å². The first-order valence-electron chi connectivity index (χ1n) is 2.72. The van der Waals surface area contributed by atoms with E-state index in [1.165, 1.54) is 0 Å². The van der Waals surface area contributed by atoms with Crippen LogP contribution in [0.4, 0.5) is 0 Å². The molecular weight excluding hydrogens is 88.1 g/mol. The SMILES string of the molecule is CC[C@@H](CN)NC. The molecule has 1 atom stereocenters. The minimum absolute atomic E-state index is 0.514. The Morgan fingerprint density at radius 1 is 1.71 bits per heavy atom. The molecule has 0 heterocycles. The Morgan fingerprint density at radius 3 is 2.29 bits per heavy atom. The van der Waals surface area contributed by atoms with Crippen LogP contribution in [0.15, 0.2) is 0 Å². The molecule has 0 aliphatic heterocycles. The van der Waals surface area contributed by atoms with Crippen molar-refractivity contribution in [3.05, 3.63) is 0 Å². The molecule has 0 unspecified atom stereocenters. The predicted molar refractivity (Wildman–Crippen MR) is 32.2 cm³/mol. The molecule has 0 amide bonds. The lowest BCUT2D eigenvalue weighted by Crippen LogP contribution is -2.32. The number of nitrogens with one attached hydrogen (secondary N) is 1. The van der Waals surface area contributed by atoms with Crippen LogP contribution in [-0.4, -0.2) is 19.6 Å². The zero-order valence-corrected chi connectivity index (χ0v) is 5.07. The van der Waals surface area contributed by atoms with E-state index in [-0.39, 0.29) is 0 Å². The number of rotatable bonds is 3. The highest BCUT2D eigenvalue weighted by Gasteiger charge is 1.94. The lowest BCUT2D eigenvalue weighted by Gasteiger charge is -2.08. The zero-order chi connectivity index (χ0) is 5.70.